The predicted octanol–water partition coefficient (Wildman–Crippen LogP) is 3.50. The molecule has 2 aromatic carbocycles. The molecule has 0 atom stereocenters. The molecular formula is C21H18O6. The third kappa shape index (κ3) is 4.06. The maximum absolute atomic E-state index is 12.3. The van der Waals surface area contributed by atoms with Crippen LogP contribution in [0.15, 0.2) is 57.7 Å². The van der Waals surface area contributed by atoms with Crippen LogP contribution in [0, 0.1) is 0 Å². The van der Waals surface area contributed by atoms with Crippen LogP contribution >= 0.6 is 0 Å². The van der Waals surface area contributed by atoms with Crippen LogP contribution in [0.5, 0.6) is 0 Å². The van der Waals surface area contributed by atoms with Gasteiger partial charge in [-0.15, -0.1) is 0 Å². The molecule has 138 valence electrons. The van der Waals surface area contributed by atoms with E-state index in [2.05, 4.69) is 4.74 Å². The Morgan fingerprint density at radius 2 is 1.63 bits per heavy atom. The maximum atomic E-state index is 12.3. The summed E-state index contributed by atoms with van der Waals surface area (Å²) >= 11 is 0. The average Bonchev–Trinajstić information content (AvgIpc) is 2.70. The van der Waals surface area contributed by atoms with Gasteiger partial charge in [-0.25, -0.2) is 14.4 Å². The molecule has 0 amide bonds. The maximum Gasteiger partial charge on any atom is 0.338 e. The number of ether oxygens (including phenoxy) is 2. The fourth-order valence-corrected chi connectivity index (χ4v) is 2.70. The highest BCUT2D eigenvalue weighted by Crippen LogP contribution is 2.20. The number of aryl methyl sites for hydroxylation is 1. The third-order valence-corrected chi connectivity index (χ3v) is 4.20. The molecule has 0 aliphatic carbocycles. The van der Waals surface area contributed by atoms with Gasteiger partial charge in [0.15, 0.2) is 0 Å². The van der Waals surface area contributed by atoms with Gasteiger partial charge < -0.3 is 13.9 Å². The fourth-order valence-electron chi connectivity index (χ4n) is 2.70. The number of rotatable bonds is 5. The molecule has 27 heavy (non-hydrogen) atoms. The molecule has 1 aromatic heterocycles. The number of benzene rings is 2. The molecule has 0 bridgehead atoms. The number of fused-ring (bicyclic) bond motifs is 1. The van der Waals surface area contributed by atoms with Crippen molar-refractivity contribution in [1.29, 1.82) is 0 Å². The van der Waals surface area contributed by atoms with Crippen molar-refractivity contribution in [2.75, 3.05) is 7.11 Å². The monoisotopic (exact) mass is 366 g/mol. The molecule has 0 N–H and O–H groups in total. The Hall–Kier alpha value is -3.41. The lowest BCUT2D eigenvalue weighted by molar-refractivity contribution is 0.0472. The van der Waals surface area contributed by atoms with Crippen LogP contribution in [0.1, 0.15) is 38.8 Å². The molecule has 0 unspecified atom stereocenters. The van der Waals surface area contributed by atoms with Crippen LogP contribution in [-0.4, -0.2) is 19.0 Å². The summed E-state index contributed by atoms with van der Waals surface area (Å²) in [4.78, 5) is 35.5. The first-order chi connectivity index (χ1) is 13.0. The number of hydrogen-bond acceptors (Lipinski definition) is 6. The zero-order valence-electron chi connectivity index (χ0n) is 15.0. The van der Waals surface area contributed by atoms with Crippen molar-refractivity contribution in [2.24, 2.45) is 0 Å². The van der Waals surface area contributed by atoms with Crippen LogP contribution in [0.4, 0.5) is 0 Å². The van der Waals surface area contributed by atoms with Crippen LogP contribution in [-0.2, 0) is 22.5 Å². The van der Waals surface area contributed by atoms with E-state index in [1.165, 1.54) is 37.4 Å². The van der Waals surface area contributed by atoms with E-state index in [1.54, 1.807) is 0 Å². The number of carbonyl (C=O) groups is 2. The van der Waals surface area contributed by atoms with Gasteiger partial charge in [0.1, 0.15) is 12.2 Å². The molecule has 3 aromatic rings. The summed E-state index contributed by atoms with van der Waals surface area (Å²) in [5.41, 5.74) is 2.23. The molecule has 0 radical (unpaired) electrons. The molecule has 6 nitrogen and oxygen atoms in total. The first-order valence-electron chi connectivity index (χ1n) is 8.43. The Kier molecular flexibility index (Phi) is 5.35. The van der Waals surface area contributed by atoms with E-state index in [1.807, 2.05) is 25.1 Å². The van der Waals surface area contributed by atoms with Crippen LogP contribution in [0.2, 0.25) is 0 Å². The second-order valence-corrected chi connectivity index (χ2v) is 5.92. The highest BCUT2D eigenvalue weighted by molar-refractivity contribution is 5.93. The van der Waals surface area contributed by atoms with E-state index < -0.39 is 17.6 Å². The lowest BCUT2D eigenvalue weighted by Gasteiger charge is -2.08. The van der Waals surface area contributed by atoms with E-state index in [0.717, 1.165) is 17.4 Å². The van der Waals surface area contributed by atoms with E-state index in [4.69, 9.17) is 9.15 Å². The van der Waals surface area contributed by atoms with Crippen molar-refractivity contribution in [2.45, 2.75) is 20.0 Å². The highest BCUT2D eigenvalue weighted by atomic mass is 16.5. The summed E-state index contributed by atoms with van der Waals surface area (Å²) < 4.78 is 15.2. The normalized spacial score (nSPS) is 10.6. The molecule has 0 spiro atoms. The SMILES string of the molecule is CCc1ccc2c(COC(=O)c3ccc(C(=O)OC)cc3)cc(=O)oc2c1. The number of carbonyl (C=O) groups excluding carboxylic acids is 2. The molecule has 0 aliphatic rings. The molecule has 0 aliphatic heterocycles. The molecule has 0 fully saturated rings. The second kappa shape index (κ2) is 7.86. The van der Waals surface area contributed by atoms with Crippen LogP contribution in [0.25, 0.3) is 11.0 Å². The molecule has 3 rings (SSSR count). The van der Waals surface area contributed by atoms with E-state index >= 15 is 0 Å². The molecule has 6 heteroatoms. The average molecular weight is 366 g/mol. The van der Waals surface area contributed by atoms with Gasteiger partial charge >= 0.3 is 17.6 Å². The minimum Gasteiger partial charge on any atom is -0.465 e. The first-order valence-corrected chi connectivity index (χ1v) is 8.43. The number of esters is 2. The number of methoxy groups -OCH3 is 1. The Bertz CT molecular complexity index is 1050. The van der Waals surface area contributed by atoms with Crippen molar-refractivity contribution < 1.29 is 23.5 Å². The zero-order valence-corrected chi connectivity index (χ0v) is 15.0. The van der Waals surface area contributed by atoms with Gasteiger partial charge in [-0.2, -0.15) is 0 Å². The Morgan fingerprint density at radius 1 is 0.963 bits per heavy atom. The Labute approximate surface area is 155 Å². The number of hydrogen-bond donors (Lipinski definition) is 0. The summed E-state index contributed by atoms with van der Waals surface area (Å²) in [5.74, 6) is -1.04. The van der Waals surface area contributed by atoms with E-state index in [0.29, 0.717) is 22.3 Å². The van der Waals surface area contributed by atoms with Crippen molar-refractivity contribution >= 4 is 22.9 Å². The quantitative estimate of drug-likeness (QED) is 0.508. The summed E-state index contributed by atoms with van der Waals surface area (Å²) in [6, 6.07) is 12.9. The van der Waals surface area contributed by atoms with Crippen molar-refractivity contribution in [3.05, 3.63) is 81.2 Å². The smallest absolute Gasteiger partial charge is 0.338 e. The topological polar surface area (TPSA) is 82.8 Å². The van der Waals surface area contributed by atoms with Gasteiger partial charge in [0.25, 0.3) is 0 Å². The zero-order chi connectivity index (χ0) is 19.4. The molecule has 1 heterocycles. The first kappa shape index (κ1) is 18.4. The van der Waals surface area contributed by atoms with Gasteiger partial charge in [-0.1, -0.05) is 19.1 Å². The molecular weight excluding hydrogens is 348 g/mol. The van der Waals surface area contributed by atoms with Gasteiger partial charge in [0.05, 0.1) is 18.2 Å². The van der Waals surface area contributed by atoms with Gasteiger partial charge in [-0.05, 0) is 42.3 Å². The molecule has 0 saturated carbocycles. The van der Waals surface area contributed by atoms with Gasteiger partial charge in [-0.3, -0.25) is 0 Å². The Balaban J connectivity index is 1.79. The largest absolute Gasteiger partial charge is 0.465 e. The lowest BCUT2D eigenvalue weighted by Crippen LogP contribution is -2.09. The molecule has 0 saturated heterocycles. The van der Waals surface area contributed by atoms with Gasteiger partial charge in [0, 0.05) is 17.0 Å². The summed E-state index contributed by atoms with van der Waals surface area (Å²) in [6.45, 7) is 1.95. The van der Waals surface area contributed by atoms with Crippen molar-refractivity contribution in [3.63, 3.8) is 0 Å². The van der Waals surface area contributed by atoms with Crippen molar-refractivity contribution in [3.8, 4) is 0 Å². The summed E-state index contributed by atoms with van der Waals surface area (Å²) in [7, 11) is 1.29. The van der Waals surface area contributed by atoms with E-state index in [-0.39, 0.29) is 6.61 Å². The minimum absolute atomic E-state index is 0.0643. The van der Waals surface area contributed by atoms with Gasteiger partial charge in [0.2, 0.25) is 0 Å². The lowest BCUT2D eigenvalue weighted by atomic mass is 10.1. The van der Waals surface area contributed by atoms with Crippen molar-refractivity contribution in [1.82, 2.24) is 0 Å². The van der Waals surface area contributed by atoms with E-state index in [9.17, 15) is 14.4 Å². The van der Waals surface area contributed by atoms with Crippen LogP contribution in [0.3, 0.4) is 0 Å². The second-order valence-electron chi connectivity index (χ2n) is 5.92. The van der Waals surface area contributed by atoms with Crippen LogP contribution < -0.4 is 5.63 Å². The summed E-state index contributed by atoms with van der Waals surface area (Å²) in [5, 5.41) is 0.723. The minimum atomic E-state index is -0.557. The predicted molar refractivity (Wildman–Crippen MR) is 98.8 cm³/mol. The standard InChI is InChI=1S/C21H18O6/c1-3-13-4-9-17-16(11-19(22)27-18(17)10-13)12-26-21(24)15-7-5-14(6-8-15)20(23)25-2/h4-11H,3,12H2,1-2H3. The third-order valence-electron chi connectivity index (χ3n) is 4.20. The Morgan fingerprint density at radius 3 is 2.26 bits per heavy atom. The fraction of sp³-hybridized carbons (Fsp3) is 0.190. The highest BCUT2D eigenvalue weighted by Gasteiger charge is 2.12. The summed E-state index contributed by atoms with van der Waals surface area (Å²) in [6.07, 6.45) is 0.820.